The molecule has 0 fully saturated rings. The van der Waals surface area contributed by atoms with Crippen molar-refractivity contribution in [3.63, 3.8) is 0 Å². The Labute approximate surface area is 84.9 Å². The van der Waals surface area contributed by atoms with Crippen molar-refractivity contribution in [1.82, 2.24) is 0 Å². The third kappa shape index (κ3) is 3.49. The molecule has 1 atom stereocenters. The molecule has 0 aliphatic carbocycles. The number of hydrogen-bond acceptors (Lipinski definition) is 1. The van der Waals surface area contributed by atoms with Crippen LogP contribution in [0, 0.1) is 11.8 Å². The fourth-order valence-electron chi connectivity index (χ4n) is 0.898. The molecular weight excluding hydrogens is 205 g/mol. The van der Waals surface area contributed by atoms with Gasteiger partial charge < -0.3 is 5.11 Å². The molecular formula is C11H7F3O. The first-order chi connectivity index (χ1) is 7.11. The van der Waals surface area contributed by atoms with Gasteiger partial charge in [0.2, 0.25) is 5.83 Å². The molecule has 0 bridgehead atoms. The predicted molar refractivity (Wildman–Crippen MR) is 49.5 cm³/mol. The molecule has 15 heavy (non-hydrogen) atoms. The van der Waals surface area contributed by atoms with E-state index in [1.54, 1.807) is 36.3 Å². The van der Waals surface area contributed by atoms with Gasteiger partial charge in [0.25, 0.3) is 0 Å². The maximum absolute atomic E-state index is 12.2. The standard InChI is InChI=1S/C11H7F3O/c12-9(11(13)14)6-7-10(15)8-4-2-1-3-5-8/h1-5,10,15H. The van der Waals surface area contributed by atoms with E-state index in [-0.39, 0.29) is 0 Å². The Morgan fingerprint density at radius 2 is 1.73 bits per heavy atom. The minimum atomic E-state index is -2.48. The molecule has 0 saturated heterocycles. The molecule has 0 aromatic heterocycles. The molecule has 1 N–H and O–H groups in total. The summed E-state index contributed by atoms with van der Waals surface area (Å²) >= 11 is 0. The van der Waals surface area contributed by atoms with Gasteiger partial charge in [0.1, 0.15) is 6.10 Å². The van der Waals surface area contributed by atoms with Crippen LogP contribution >= 0.6 is 0 Å². The summed E-state index contributed by atoms with van der Waals surface area (Å²) in [6.07, 6.45) is -3.75. The van der Waals surface area contributed by atoms with Gasteiger partial charge in [0.05, 0.1) is 0 Å². The second-order valence-corrected chi connectivity index (χ2v) is 2.66. The first kappa shape index (κ1) is 11.3. The number of hydrogen-bond donors (Lipinski definition) is 1. The Balaban J connectivity index is 2.81. The highest BCUT2D eigenvalue weighted by Crippen LogP contribution is 2.12. The molecule has 1 aromatic rings. The molecule has 4 heteroatoms. The molecule has 0 spiro atoms. The molecule has 1 unspecified atom stereocenters. The lowest BCUT2D eigenvalue weighted by Gasteiger charge is -2.01. The van der Waals surface area contributed by atoms with Gasteiger partial charge in [-0.25, -0.2) is 0 Å². The van der Waals surface area contributed by atoms with E-state index in [1.807, 2.05) is 5.92 Å². The highest BCUT2D eigenvalue weighted by molar-refractivity contribution is 5.30. The fraction of sp³-hybridized carbons (Fsp3) is 0.0909. The summed E-state index contributed by atoms with van der Waals surface area (Å²) in [5.41, 5.74) is 0.428. The average molecular weight is 212 g/mol. The quantitative estimate of drug-likeness (QED) is 0.709. The van der Waals surface area contributed by atoms with E-state index in [4.69, 9.17) is 0 Å². The van der Waals surface area contributed by atoms with Crippen LogP contribution in [0.3, 0.4) is 0 Å². The van der Waals surface area contributed by atoms with E-state index in [9.17, 15) is 18.3 Å². The van der Waals surface area contributed by atoms with Crippen molar-refractivity contribution >= 4 is 0 Å². The van der Waals surface area contributed by atoms with Crippen LogP contribution in [0.2, 0.25) is 0 Å². The number of benzene rings is 1. The van der Waals surface area contributed by atoms with Crippen LogP contribution in [-0.4, -0.2) is 5.11 Å². The maximum Gasteiger partial charge on any atom is 0.314 e. The smallest absolute Gasteiger partial charge is 0.314 e. The molecule has 0 radical (unpaired) electrons. The zero-order chi connectivity index (χ0) is 11.3. The summed E-state index contributed by atoms with van der Waals surface area (Å²) in [5, 5.41) is 9.34. The van der Waals surface area contributed by atoms with Crippen molar-refractivity contribution in [2.24, 2.45) is 0 Å². The topological polar surface area (TPSA) is 20.2 Å². The summed E-state index contributed by atoms with van der Waals surface area (Å²) in [5.74, 6) is 1.70. The molecule has 0 heterocycles. The second-order valence-electron chi connectivity index (χ2n) is 2.66. The van der Waals surface area contributed by atoms with Crippen LogP contribution in [0.5, 0.6) is 0 Å². The third-order valence-corrected chi connectivity index (χ3v) is 1.60. The van der Waals surface area contributed by atoms with E-state index < -0.39 is 18.0 Å². The van der Waals surface area contributed by atoms with Crippen molar-refractivity contribution in [3.05, 3.63) is 47.8 Å². The van der Waals surface area contributed by atoms with Crippen LogP contribution in [0.4, 0.5) is 13.2 Å². The lowest BCUT2D eigenvalue weighted by Crippen LogP contribution is -1.92. The van der Waals surface area contributed by atoms with E-state index in [1.165, 1.54) is 0 Å². The number of rotatable bonds is 1. The largest absolute Gasteiger partial charge is 0.376 e. The van der Waals surface area contributed by atoms with Gasteiger partial charge in [0.15, 0.2) is 0 Å². The summed E-state index contributed by atoms with van der Waals surface area (Å²) in [6.45, 7) is 0. The van der Waals surface area contributed by atoms with E-state index in [0.29, 0.717) is 5.56 Å². The normalized spacial score (nSPS) is 11.2. The zero-order valence-electron chi connectivity index (χ0n) is 7.55. The minimum Gasteiger partial charge on any atom is -0.376 e. The highest BCUT2D eigenvalue weighted by atomic mass is 19.3. The predicted octanol–water partition coefficient (Wildman–Crippen LogP) is 2.80. The van der Waals surface area contributed by atoms with Gasteiger partial charge in [-0.05, 0) is 11.5 Å². The lowest BCUT2D eigenvalue weighted by atomic mass is 10.1. The van der Waals surface area contributed by atoms with Crippen LogP contribution in [0.1, 0.15) is 11.7 Å². The first-order valence-corrected chi connectivity index (χ1v) is 4.06. The molecule has 0 aliphatic rings. The molecule has 0 amide bonds. The Hall–Kier alpha value is -1.73. The Bertz CT molecular complexity index is 410. The Morgan fingerprint density at radius 1 is 1.13 bits per heavy atom. The van der Waals surface area contributed by atoms with Crippen molar-refractivity contribution in [3.8, 4) is 11.8 Å². The van der Waals surface area contributed by atoms with E-state index >= 15 is 0 Å². The third-order valence-electron chi connectivity index (χ3n) is 1.60. The number of aliphatic hydroxyl groups is 1. The van der Waals surface area contributed by atoms with Gasteiger partial charge in [-0.2, -0.15) is 13.2 Å². The lowest BCUT2D eigenvalue weighted by molar-refractivity contribution is 0.238. The highest BCUT2D eigenvalue weighted by Gasteiger charge is 2.03. The van der Waals surface area contributed by atoms with Crippen molar-refractivity contribution in [2.75, 3.05) is 0 Å². The van der Waals surface area contributed by atoms with Gasteiger partial charge in [0, 0.05) is 0 Å². The summed E-state index contributed by atoms with van der Waals surface area (Å²) < 4.78 is 35.4. The second kappa shape index (κ2) is 5.23. The van der Waals surface area contributed by atoms with E-state index in [2.05, 4.69) is 0 Å². The van der Waals surface area contributed by atoms with E-state index in [0.717, 1.165) is 0 Å². The zero-order valence-corrected chi connectivity index (χ0v) is 7.55. The van der Waals surface area contributed by atoms with Gasteiger partial charge in [-0.3, -0.25) is 0 Å². The molecule has 0 saturated carbocycles. The van der Waals surface area contributed by atoms with Gasteiger partial charge in [-0.1, -0.05) is 36.3 Å². The molecule has 0 aliphatic heterocycles. The monoisotopic (exact) mass is 212 g/mol. The Morgan fingerprint density at radius 3 is 2.27 bits per heavy atom. The Kier molecular flexibility index (Phi) is 3.95. The molecule has 1 aromatic carbocycles. The first-order valence-electron chi connectivity index (χ1n) is 4.06. The summed E-state index contributed by atoms with van der Waals surface area (Å²) in [4.78, 5) is 0. The number of halogens is 3. The number of aliphatic hydroxyl groups excluding tert-OH is 1. The van der Waals surface area contributed by atoms with Crippen LogP contribution in [-0.2, 0) is 0 Å². The molecule has 1 nitrogen and oxygen atoms in total. The summed E-state index contributed by atoms with van der Waals surface area (Å²) in [7, 11) is 0. The fourth-order valence-corrected chi connectivity index (χ4v) is 0.898. The maximum atomic E-state index is 12.2. The minimum absolute atomic E-state index is 0.428. The van der Waals surface area contributed by atoms with Crippen molar-refractivity contribution in [1.29, 1.82) is 0 Å². The SMILES string of the molecule is OC(C#CC(F)=C(F)F)c1ccccc1. The number of allylic oxidation sites excluding steroid dienone is 1. The van der Waals surface area contributed by atoms with Crippen molar-refractivity contribution < 1.29 is 18.3 Å². The van der Waals surface area contributed by atoms with Crippen LogP contribution in [0.25, 0.3) is 0 Å². The van der Waals surface area contributed by atoms with Crippen molar-refractivity contribution in [2.45, 2.75) is 6.10 Å². The molecule has 78 valence electrons. The van der Waals surface area contributed by atoms with Gasteiger partial charge >= 0.3 is 6.08 Å². The van der Waals surface area contributed by atoms with Crippen LogP contribution in [0.15, 0.2) is 42.2 Å². The average Bonchev–Trinajstić information content (AvgIpc) is 2.26. The van der Waals surface area contributed by atoms with Gasteiger partial charge in [-0.15, -0.1) is 0 Å². The molecule has 1 rings (SSSR count). The summed E-state index contributed by atoms with van der Waals surface area (Å²) in [6, 6.07) is 8.16. The van der Waals surface area contributed by atoms with Crippen LogP contribution < -0.4 is 0 Å².